The second kappa shape index (κ2) is 9.45. The number of rotatable bonds is 7. The molecular formula is C16H17N5O6S2. The molecule has 2 N–H and O–H groups in total. The van der Waals surface area contributed by atoms with Crippen LogP contribution in [0.3, 0.4) is 0 Å². The Labute approximate surface area is 170 Å². The van der Waals surface area contributed by atoms with Crippen molar-refractivity contribution in [1.29, 1.82) is 0 Å². The van der Waals surface area contributed by atoms with Gasteiger partial charge < -0.3 is 0 Å². The van der Waals surface area contributed by atoms with Crippen molar-refractivity contribution in [3.05, 3.63) is 58.3 Å². The van der Waals surface area contributed by atoms with Crippen molar-refractivity contribution in [1.82, 2.24) is 20.1 Å². The molecule has 1 aromatic heterocycles. The van der Waals surface area contributed by atoms with E-state index in [0.717, 1.165) is 22.1 Å². The smallest absolute Gasteiger partial charge is 0.270 e. The summed E-state index contributed by atoms with van der Waals surface area (Å²) in [4.78, 5) is 37.9. The zero-order valence-electron chi connectivity index (χ0n) is 15.4. The van der Waals surface area contributed by atoms with Crippen LogP contribution >= 0.6 is 11.8 Å². The molecule has 0 saturated carbocycles. The van der Waals surface area contributed by atoms with E-state index in [9.17, 15) is 28.1 Å². The summed E-state index contributed by atoms with van der Waals surface area (Å²) >= 11 is 1.04. The van der Waals surface area contributed by atoms with Gasteiger partial charge in [-0.1, -0.05) is 17.8 Å². The van der Waals surface area contributed by atoms with Crippen molar-refractivity contribution < 1.29 is 22.9 Å². The van der Waals surface area contributed by atoms with Gasteiger partial charge in [0.15, 0.2) is 0 Å². The number of nitro benzene ring substituents is 1. The molecule has 0 saturated heterocycles. The third-order valence-electron chi connectivity index (χ3n) is 3.47. The van der Waals surface area contributed by atoms with Crippen molar-refractivity contribution >= 4 is 39.3 Å². The molecule has 1 aromatic carbocycles. The molecule has 0 unspecified atom stereocenters. The van der Waals surface area contributed by atoms with E-state index >= 15 is 0 Å². The third-order valence-corrected chi connectivity index (χ3v) is 6.22. The number of hydrazine groups is 1. The molecule has 154 valence electrons. The molecule has 0 atom stereocenters. The van der Waals surface area contributed by atoms with Gasteiger partial charge in [0.2, 0.25) is 15.9 Å². The number of carbonyl (C=O) groups is 2. The van der Waals surface area contributed by atoms with E-state index in [1.54, 1.807) is 0 Å². The van der Waals surface area contributed by atoms with Gasteiger partial charge in [-0.2, -0.15) is 0 Å². The van der Waals surface area contributed by atoms with Gasteiger partial charge in [-0.15, -0.1) is 0 Å². The predicted molar refractivity (Wildman–Crippen MR) is 105 cm³/mol. The molecule has 0 aliphatic heterocycles. The van der Waals surface area contributed by atoms with Crippen molar-refractivity contribution in [3.8, 4) is 0 Å². The van der Waals surface area contributed by atoms with Crippen molar-refractivity contribution in [2.24, 2.45) is 0 Å². The molecule has 29 heavy (non-hydrogen) atoms. The van der Waals surface area contributed by atoms with Gasteiger partial charge in [-0.3, -0.25) is 30.6 Å². The van der Waals surface area contributed by atoms with Crippen molar-refractivity contribution in [3.63, 3.8) is 0 Å². The van der Waals surface area contributed by atoms with Gasteiger partial charge in [-0.25, -0.2) is 17.7 Å². The number of carbonyl (C=O) groups excluding carboxylic acids is 2. The quantitative estimate of drug-likeness (QED) is 0.365. The van der Waals surface area contributed by atoms with E-state index in [2.05, 4.69) is 15.8 Å². The lowest BCUT2D eigenvalue weighted by atomic mass is 10.2. The van der Waals surface area contributed by atoms with Crippen LogP contribution in [0.4, 0.5) is 5.69 Å². The van der Waals surface area contributed by atoms with Crippen LogP contribution in [-0.4, -0.2) is 54.3 Å². The topological polar surface area (TPSA) is 152 Å². The Morgan fingerprint density at radius 1 is 1.21 bits per heavy atom. The summed E-state index contributed by atoms with van der Waals surface area (Å²) in [6.07, 6.45) is 1.19. The first kappa shape index (κ1) is 22.3. The van der Waals surface area contributed by atoms with Crippen LogP contribution in [0.15, 0.2) is 52.5 Å². The van der Waals surface area contributed by atoms with Crippen LogP contribution in [-0.2, 0) is 14.8 Å². The van der Waals surface area contributed by atoms with Gasteiger partial charge in [0.25, 0.3) is 11.6 Å². The molecule has 2 aromatic rings. The zero-order chi connectivity index (χ0) is 21.6. The van der Waals surface area contributed by atoms with Gasteiger partial charge in [-0.05, 0) is 18.2 Å². The second-order valence-electron chi connectivity index (χ2n) is 5.72. The minimum Gasteiger partial charge on any atom is -0.272 e. The number of aromatic nitrogens is 1. The molecule has 1 heterocycles. The number of nitro groups is 1. The summed E-state index contributed by atoms with van der Waals surface area (Å²) in [5.41, 5.74) is 4.13. The summed E-state index contributed by atoms with van der Waals surface area (Å²) in [5, 5.41) is 11.1. The number of thioether (sulfide) groups is 1. The molecule has 2 amide bonds. The maximum atomic E-state index is 12.0. The van der Waals surface area contributed by atoms with E-state index in [1.807, 2.05) is 0 Å². The van der Waals surface area contributed by atoms with Gasteiger partial charge in [0.1, 0.15) is 4.90 Å². The summed E-state index contributed by atoms with van der Waals surface area (Å²) < 4.78 is 25.0. The molecule has 0 bridgehead atoms. The van der Waals surface area contributed by atoms with E-state index in [0.29, 0.717) is 5.03 Å². The molecule has 13 heteroatoms. The normalized spacial score (nSPS) is 11.1. The van der Waals surface area contributed by atoms with E-state index in [1.165, 1.54) is 50.6 Å². The van der Waals surface area contributed by atoms with Crippen LogP contribution in [0.2, 0.25) is 0 Å². The minimum absolute atomic E-state index is 0.0199. The highest BCUT2D eigenvalue weighted by atomic mass is 32.2. The lowest BCUT2D eigenvalue weighted by molar-refractivity contribution is -0.384. The fraction of sp³-hybridized carbons (Fsp3) is 0.188. The van der Waals surface area contributed by atoms with Gasteiger partial charge >= 0.3 is 0 Å². The van der Waals surface area contributed by atoms with Crippen molar-refractivity contribution in [2.45, 2.75) is 9.92 Å². The number of nitrogens with zero attached hydrogens (tertiary/aromatic N) is 3. The Kier molecular flexibility index (Phi) is 7.25. The molecule has 0 aliphatic carbocycles. The summed E-state index contributed by atoms with van der Waals surface area (Å²) in [7, 11) is -0.771. The average molecular weight is 439 g/mol. The molecular weight excluding hydrogens is 422 g/mol. The van der Waals surface area contributed by atoms with E-state index < -0.39 is 26.8 Å². The third kappa shape index (κ3) is 5.97. The lowest BCUT2D eigenvalue weighted by Crippen LogP contribution is -2.42. The van der Waals surface area contributed by atoms with Crippen LogP contribution in [0, 0.1) is 10.1 Å². The lowest BCUT2D eigenvalue weighted by Gasteiger charge is -2.11. The fourth-order valence-corrected chi connectivity index (χ4v) is 3.44. The fourth-order valence-electron chi connectivity index (χ4n) is 1.95. The second-order valence-corrected chi connectivity index (χ2v) is 8.87. The van der Waals surface area contributed by atoms with Gasteiger partial charge in [0, 0.05) is 38.0 Å². The number of benzene rings is 1. The van der Waals surface area contributed by atoms with E-state index in [4.69, 9.17) is 0 Å². The van der Waals surface area contributed by atoms with Crippen LogP contribution in [0.25, 0.3) is 0 Å². The highest BCUT2D eigenvalue weighted by molar-refractivity contribution is 7.99. The van der Waals surface area contributed by atoms with Crippen LogP contribution in [0.5, 0.6) is 0 Å². The number of hydrogen-bond donors (Lipinski definition) is 2. The highest BCUT2D eigenvalue weighted by Crippen LogP contribution is 2.18. The standard InChI is InChI=1S/C16H17N5O6S2/c1-20(2)29(26,27)13-6-7-15(17-9-13)28-10-14(22)18-19-16(23)11-4-3-5-12(8-11)21(24)25/h3-9H,10H2,1-2H3,(H,18,22)(H,19,23). The SMILES string of the molecule is CN(C)S(=O)(=O)c1ccc(SCC(=O)NNC(=O)c2cccc([N+](=O)[O-])c2)nc1. The molecule has 2 rings (SSSR count). The first-order valence-electron chi connectivity index (χ1n) is 7.96. The Morgan fingerprint density at radius 3 is 2.52 bits per heavy atom. The number of nitrogens with one attached hydrogen (secondary N) is 2. The maximum absolute atomic E-state index is 12.0. The number of amides is 2. The van der Waals surface area contributed by atoms with E-state index in [-0.39, 0.29) is 21.9 Å². The largest absolute Gasteiger partial charge is 0.272 e. The highest BCUT2D eigenvalue weighted by Gasteiger charge is 2.17. The summed E-state index contributed by atoms with van der Waals surface area (Å²) in [6.45, 7) is 0. The summed E-state index contributed by atoms with van der Waals surface area (Å²) in [6, 6.07) is 7.91. The predicted octanol–water partition coefficient (Wildman–Crippen LogP) is 0.793. The Balaban J connectivity index is 1.86. The van der Waals surface area contributed by atoms with Crippen LogP contribution < -0.4 is 10.9 Å². The Morgan fingerprint density at radius 2 is 1.93 bits per heavy atom. The monoisotopic (exact) mass is 439 g/mol. The zero-order valence-corrected chi connectivity index (χ0v) is 17.0. The average Bonchev–Trinajstić information content (AvgIpc) is 2.70. The molecule has 0 radical (unpaired) electrons. The van der Waals surface area contributed by atoms with Crippen LogP contribution in [0.1, 0.15) is 10.4 Å². The number of sulfonamides is 1. The van der Waals surface area contributed by atoms with Gasteiger partial charge in [0.05, 0.1) is 15.7 Å². The number of non-ortho nitro benzene ring substituents is 1. The number of hydrogen-bond acceptors (Lipinski definition) is 8. The molecule has 11 nitrogen and oxygen atoms in total. The first-order chi connectivity index (χ1) is 13.6. The Hall–Kier alpha value is -3.03. The molecule has 0 fully saturated rings. The summed E-state index contributed by atoms with van der Waals surface area (Å²) in [5.74, 6) is -1.34. The Bertz CT molecular complexity index is 1020. The number of pyridine rings is 1. The maximum Gasteiger partial charge on any atom is 0.270 e. The molecule has 0 spiro atoms. The minimum atomic E-state index is -3.59. The first-order valence-corrected chi connectivity index (χ1v) is 10.4. The molecule has 0 aliphatic rings. The van der Waals surface area contributed by atoms with Crippen molar-refractivity contribution in [2.75, 3.05) is 19.8 Å².